The summed E-state index contributed by atoms with van der Waals surface area (Å²) < 4.78 is 24.4. The van der Waals surface area contributed by atoms with Crippen molar-refractivity contribution >= 4 is 21.7 Å². The van der Waals surface area contributed by atoms with Crippen LogP contribution in [0.2, 0.25) is 0 Å². The van der Waals surface area contributed by atoms with Crippen LogP contribution in [0.15, 0.2) is 0 Å². The van der Waals surface area contributed by atoms with Crippen LogP contribution < -0.4 is 5.32 Å². The lowest BCUT2D eigenvalue weighted by molar-refractivity contribution is 0.0918. The van der Waals surface area contributed by atoms with Gasteiger partial charge < -0.3 is 10.3 Å². The summed E-state index contributed by atoms with van der Waals surface area (Å²) in [5.74, 6) is -0.326. The van der Waals surface area contributed by atoms with Crippen LogP contribution >= 0.6 is 0 Å². The minimum atomic E-state index is -3.17. The number of carbonyl (C=O) groups excluding carboxylic acids is 2. The molecule has 1 aliphatic heterocycles. The van der Waals surface area contributed by atoms with Crippen LogP contribution in [0, 0.1) is 13.8 Å². The summed E-state index contributed by atoms with van der Waals surface area (Å²) >= 11 is 0. The Morgan fingerprint density at radius 1 is 1.22 bits per heavy atom. The van der Waals surface area contributed by atoms with Crippen molar-refractivity contribution < 1.29 is 18.0 Å². The first kappa shape index (κ1) is 17.7. The molecular formula is C15H23N3O4S. The van der Waals surface area contributed by atoms with Gasteiger partial charge in [-0.3, -0.25) is 9.59 Å². The number of hydrogen-bond donors (Lipinski definition) is 2. The molecule has 1 saturated heterocycles. The lowest BCUT2D eigenvalue weighted by Gasteiger charge is -2.30. The quantitative estimate of drug-likeness (QED) is 0.798. The number of Topliss-reactive ketones (excluding diaryl/α,β-unsaturated/α-hetero) is 1. The van der Waals surface area contributed by atoms with Crippen LogP contribution in [0.25, 0.3) is 0 Å². The van der Waals surface area contributed by atoms with Gasteiger partial charge in [0.1, 0.15) is 5.69 Å². The summed E-state index contributed by atoms with van der Waals surface area (Å²) in [6.45, 7) is 5.81. The number of sulfonamides is 1. The number of nitrogens with one attached hydrogen (secondary N) is 2. The number of amides is 1. The standard InChI is InChI=1S/C15H23N3O4S/c1-9-13(11(3)19)10(2)16-14(9)15(20)17-12-5-7-18(8-6-12)23(4,21)22/h12,16H,5-8H2,1-4H3,(H,17,20). The molecule has 0 aromatic carbocycles. The predicted octanol–water partition coefficient (Wildman–Crippen LogP) is 0.988. The number of nitrogens with zero attached hydrogens (tertiary/aromatic N) is 1. The van der Waals surface area contributed by atoms with E-state index in [-0.39, 0.29) is 17.7 Å². The molecule has 0 bridgehead atoms. The van der Waals surface area contributed by atoms with E-state index in [9.17, 15) is 18.0 Å². The average molecular weight is 341 g/mol. The summed E-state index contributed by atoms with van der Waals surface area (Å²) in [6, 6.07) is -0.0655. The summed E-state index contributed by atoms with van der Waals surface area (Å²) in [7, 11) is -3.17. The van der Waals surface area contributed by atoms with E-state index in [2.05, 4.69) is 10.3 Å². The fourth-order valence-electron chi connectivity index (χ4n) is 3.09. The Balaban J connectivity index is 2.04. The van der Waals surface area contributed by atoms with Crippen LogP contribution in [0.4, 0.5) is 0 Å². The maximum Gasteiger partial charge on any atom is 0.268 e. The van der Waals surface area contributed by atoms with E-state index in [4.69, 9.17) is 0 Å². The summed E-state index contributed by atoms with van der Waals surface area (Å²) in [5, 5.41) is 2.92. The second-order valence-corrected chi connectivity index (χ2v) is 8.07. The van der Waals surface area contributed by atoms with Crippen LogP contribution in [0.5, 0.6) is 0 Å². The molecule has 2 N–H and O–H groups in total. The highest BCUT2D eigenvalue weighted by Gasteiger charge is 2.27. The van der Waals surface area contributed by atoms with E-state index < -0.39 is 10.0 Å². The molecule has 0 unspecified atom stereocenters. The van der Waals surface area contributed by atoms with E-state index in [0.29, 0.717) is 48.4 Å². The Bertz CT molecular complexity index is 728. The third-order valence-corrected chi connectivity index (χ3v) is 5.58. The van der Waals surface area contributed by atoms with Gasteiger partial charge in [0.15, 0.2) is 5.78 Å². The van der Waals surface area contributed by atoms with Crippen LogP contribution in [0.1, 0.15) is 51.9 Å². The predicted molar refractivity (Wildman–Crippen MR) is 87.2 cm³/mol. The fraction of sp³-hybridized carbons (Fsp3) is 0.600. The molecule has 1 fully saturated rings. The molecule has 8 heteroatoms. The van der Waals surface area contributed by atoms with Crippen molar-refractivity contribution in [3.05, 3.63) is 22.5 Å². The molecule has 0 aliphatic carbocycles. The lowest BCUT2D eigenvalue weighted by Crippen LogP contribution is -2.46. The second kappa shape index (κ2) is 6.45. The lowest BCUT2D eigenvalue weighted by atomic mass is 10.0. The van der Waals surface area contributed by atoms with E-state index in [1.165, 1.54) is 17.5 Å². The first-order valence-corrected chi connectivity index (χ1v) is 9.42. The van der Waals surface area contributed by atoms with E-state index in [0.717, 1.165) is 0 Å². The van der Waals surface area contributed by atoms with Gasteiger partial charge in [0.05, 0.1) is 6.26 Å². The molecule has 0 atom stereocenters. The van der Waals surface area contributed by atoms with Crippen LogP contribution in [-0.4, -0.2) is 54.8 Å². The van der Waals surface area contributed by atoms with Gasteiger partial charge in [0.25, 0.3) is 5.91 Å². The monoisotopic (exact) mass is 341 g/mol. The maximum absolute atomic E-state index is 12.4. The minimum absolute atomic E-state index is 0.0655. The molecule has 1 aromatic rings. The van der Waals surface area contributed by atoms with Gasteiger partial charge in [0.2, 0.25) is 10.0 Å². The van der Waals surface area contributed by atoms with Gasteiger partial charge in [-0.25, -0.2) is 12.7 Å². The normalized spacial score (nSPS) is 17.2. The number of hydrogen-bond acceptors (Lipinski definition) is 4. The van der Waals surface area contributed by atoms with Crippen molar-refractivity contribution in [2.45, 2.75) is 39.7 Å². The van der Waals surface area contributed by atoms with Crippen LogP contribution in [0.3, 0.4) is 0 Å². The minimum Gasteiger partial charge on any atom is -0.354 e. The van der Waals surface area contributed by atoms with Gasteiger partial charge >= 0.3 is 0 Å². The first-order chi connectivity index (χ1) is 10.6. The average Bonchev–Trinajstić information content (AvgIpc) is 2.73. The number of carbonyl (C=O) groups is 2. The number of aromatic nitrogens is 1. The number of ketones is 1. The summed E-state index contributed by atoms with van der Waals surface area (Å²) in [6.07, 6.45) is 2.36. The SMILES string of the molecule is CC(=O)c1c(C)[nH]c(C(=O)NC2CCN(S(C)(=O)=O)CC2)c1C. The molecule has 0 saturated carbocycles. The molecule has 2 rings (SSSR count). The molecule has 128 valence electrons. The molecule has 0 spiro atoms. The van der Waals surface area contributed by atoms with Crippen LogP contribution in [-0.2, 0) is 10.0 Å². The zero-order valence-electron chi connectivity index (χ0n) is 13.9. The molecule has 23 heavy (non-hydrogen) atoms. The highest BCUT2D eigenvalue weighted by atomic mass is 32.2. The third-order valence-electron chi connectivity index (χ3n) is 4.27. The van der Waals surface area contributed by atoms with Crippen molar-refractivity contribution in [3.63, 3.8) is 0 Å². The Morgan fingerprint density at radius 3 is 2.22 bits per heavy atom. The number of aryl methyl sites for hydroxylation is 1. The maximum atomic E-state index is 12.4. The van der Waals surface area contributed by atoms with Crippen molar-refractivity contribution in [2.24, 2.45) is 0 Å². The van der Waals surface area contributed by atoms with E-state index in [1.54, 1.807) is 13.8 Å². The Labute approximate surface area is 136 Å². The molecule has 2 heterocycles. The number of aromatic amines is 1. The van der Waals surface area contributed by atoms with Gasteiger partial charge in [-0.2, -0.15) is 0 Å². The van der Waals surface area contributed by atoms with Crippen molar-refractivity contribution in [1.82, 2.24) is 14.6 Å². The molecule has 7 nitrogen and oxygen atoms in total. The third kappa shape index (κ3) is 3.81. The van der Waals surface area contributed by atoms with Gasteiger partial charge in [0, 0.05) is 30.4 Å². The summed E-state index contributed by atoms with van der Waals surface area (Å²) in [5.41, 5.74) is 2.30. The fourth-order valence-corrected chi connectivity index (χ4v) is 3.97. The summed E-state index contributed by atoms with van der Waals surface area (Å²) in [4.78, 5) is 27.0. The molecule has 1 amide bonds. The number of rotatable bonds is 4. The number of piperidine rings is 1. The van der Waals surface area contributed by atoms with Gasteiger partial charge in [-0.1, -0.05) is 0 Å². The van der Waals surface area contributed by atoms with Gasteiger partial charge in [-0.05, 0) is 39.2 Å². The smallest absolute Gasteiger partial charge is 0.268 e. The van der Waals surface area contributed by atoms with Crippen molar-refractivity contribution in [3.8, 4) is 0 Å². The first-order valence-electron chi connectivity index (χ1n) is 7.57. The largest absolute Gasteiger partial charge is 0.354 e. The molecular weight excluding hydrogens is 318 g/mol. The van der Waals surface area contributed by atoms with Crippen molar-refractivity contribution in [1.29, 1.82) is 0 Å². The van der Waals surface area contributed by atoms with Gasteiger partial charge in [-0.15, -0.1) is 0 Å². The Kier molecular flexibility index (Phi) is 4.95. The zero-order valence-corrected chi connectivity index (χ0v) is 14.7. The van der Waals surface area contributed by atoms with E-state index in [1.807, 2.05) is 0 Å². The van der Waals surface area contributed by atoms with Crippen molar-refractivity contribution in [2.75, 3.05) is 19.3 Å². The number of H-pyrrole nitrogens is 1. The Morgan fingerprint density at radius 2 is 1.78 bits per heavy atom. The topological polar surface area (TPSA) is 99.3 Å². The molecule has 1 aromatic heterocycles. The van der Waals surface area contributed by atoms with E-state index >= 15 is 0 Å². The highest BCUT2D eigenvalue weighted by molar-refractivity contribution is 7.88. The Hall–Kier alpha value is -1.67. The molecule has 0 radical (unpaired) electrons. The molecule has 1 aliphatic rings. The second-order valence-electron chi connectivity index (χ2n) is 6.09. The highest BCUT2D eigenvalue weighted by Crippen LogP contribution is 2.19. The zero-order chi connectivity index (χ0) is 17.4.